The van der Waals surface area contributed by atoms with Crippen molar-refractivity contribution in [1.82, 2.24) is 25.2 Å². The van der Waals surface area contributed by atoms with Gasteiger partial charge in [0.2, 0.25) is 0 Å². The predicted molar refractivity (Wildman–Crippen MR) is 114 cm³/mol. The van der Waals surface area contributed by atoms with E-state index in [4.69, 9.17) is 0 Å². The lowest BCUT2D eigenvalue weighted by atomic mass is 10.3. The summed E-state index contributed by atoms with van der Waals surface area (Å²) in [6.07, 6.45) is 1.98. The molecule has 6 nitrogen and oxygen atoms in total. The van der Waals surface area contributed by atoms with Gasteiger partial charge in [-0.15, -0.1) is 11.3 Å². The number of guanidine groups is 1. The highest BCUT2D eigenvalue weighted by Gasteiger charge is 2.07. The number of imidazole rings is 1. The highest BCUT2D eigenvalue weighted by molar-refractivity contribution is 7.11. The molecule has 0 aliphatic heterocycles. The van der Waals surface area contributed by atoms with Crippen LogP contribution in [-0.4, -0.2) is 40.6 Å². The van der Waals surface area contributed by atoms with E-state index in [2.05, 4.69) is 69.1 Å². The third-order valence-corrected chi connectivity index (χ3v) is 5.70. The number of aromatic nitrogens is 3. The van der Waals surface area contributed by atoms with Crippen molar-refractivity contribution in [3.05, 3.63) is 45.7 Å². The molecule has 0 spiro atoms. The van der Waals surface area contributed by atoms with Crippen molar-refractivity contribution in [1.29, 1.82) is 0 Å². The lowest BCUT2D eigenvalue weighted by molar-refractivity contribution is 0.624. The molecule has 7 heteroatoms. The second-order valence-corrected chi connectivity index (χ2v) is 7.86. The van der Waals surface area contributed by atoms with E-state index in [-0.39, 0.29) is 0 Å². The summed E-state index contributed by atoms with van der Waals surface area (Å²) in [5, 5.41) is 7.92. The predicted octanol–water partition coefficient (Wildman–Crippen LogP) is 3.22. The fraction of sp³-hybridized carbons (Fsp3) is 0.450. The molecule has 2 aromatic heterocycles. The van der Waals surface area contributed by atoms with Crippen LogP contribution in [0.2, 0.25) is 0 Å². The molecule has 0 amide bonds. The van der Waals surface area contributed by atoms with Crippen molar-refractivity contribution in [2.24, 2.45) is 4.99 Å². The molecule has 2 N–H and O–H groups in total. The van der Waals surface area contributed by atoms with Crippen LogP contribution in [0.3, 0.4) is 0 Å². The van der Waals surface area contributed by atoms with E-state index in [1.165, 1.54) is 10.4 Å². The zero-order valence-corrected chi connectivity index (χ0v) is 17.4. The van der Waals surface area contributed by atoms with Crippen molar-refractivity contribution < 1.29 is 0 Å². The van der Waals surface area contributed by atoms with Gasteiger partial charge in [0.15, 0.2) is 5.96 Å². The molecule has 3 rings (SSSR count). The minimum absolute atomic E-state index is 0.848. The van der Waals surface area contributed by atoms with Gasteiger partial charge in [0.1, 0.15) is 5.82 Å². The number of para-hydroxylation sites is 2. The van der Waals surface area contributed by atoms with Crippen LogP contribution < -0.4 is 10.6 Å². The highest BCUT2D eigenvalue weighted by Crippen LogP contribution is 2.17. The first-order valence-corrected chi connectivity index (χ1v) is 10.2. The first-order chi connectivity index (χ1) is 13.1. The number of nitrogens with zero attached hydrogens (tertiary/aromatic N) is 4. The quantitative estimate of drug-likeness (QED) is 0.373. The topological polar surface area (TPSA) is 67.1 Å². The molecule has 144 valence electrons. The van der Waals surface area contributed by atoms with E-state index < -0.39 is 0 Å². The van der Waals surface area contributed by atoms with Crippen LogP contribution in [0.4, 0.5) is 0 Å². The van der Waals surface area contributed by atoms with Gasteiger partial charge < -0.3 is 15.2 Å². The fourth-order valence-electron chi connectivity index (χ4n) is 3.24. The second kappa shape index (κ2) is 8.99. The summed E-state index contributed by atoms with van der Waals surface area (Å²) in [7, 11) is 1.81. The Kier molecular flexibility index (Phi) is 6.45. The van der Waals surface area contributed by atoms with Gasteiger partial charge in [0, 0.05) is 38.0 Å². The molecule has 0 atom stereocenters. The van der Waals surface area contributed by atoms with Crippen LogP contribution in [0.25, 0.3) is 11.0 Å². The van der Waals surface area contributed by atoms with Crippen molar-refractivity contribution in [3.8, 4) is 0 Å². The Morgan fingerprint density at radius 2 is 1.89 bits per heavy atom. The Balaban J connectivity index is 1.43. The van der Waals surface area contributed by atoms with Gasteiger partial charge in [-0.1, -0.05) is 12.1 Å². The first-order valence-electron chi connectivity index (χ1n) is 9.37. The van der Waals surface area contributed by atoms with Crippen molar-refractivity contribution >= 4 is 28.3 Å². The van der Waals surface area contributed by atoms with Crippen molar-refractivity contribution in [2.75, 3.05) is 20.1 Å². The SMILES string of the molecule is CN=C(NCCCn1c(C)nc2ccccc21)NCCc1sc(C)nc1C. The van der Waals surface area contributed by atoms with E-state index in [1.807, 2.05) is 13.1 Å². The van der Waals surface area contributed by atoms with E-state index in [0.29, 0.717) is 0 Å². The molecule has 27 heavy (non-hydrogen) atoms. The van der Waals surface area contributed by atoms with Gasteiger partial charge in [-0.3, -0.25) is 4.99 Å². The number of thiazole rings is 1. The van der Waals surface area contributed by atoms with Crippen LogP contribution in [0.15, 0.2) is 29.3 Å². The average Bonchev–Trinajstić information content (AvgIpc) is 3.14. The molecule has 0 aliphatic rings. The van der Waals surface area contributed by atoms with Crippen LogP contribution in [-0.2, 0) is 13.0 Å². The molecular weight excluding hydrogens is 356 g/mol. The Morgan fingerprint density at radius 3 is 2.63 bits per heavy atom. The molecule has 0 unspecified atom stereocenters. The molecule has 0 saturated heterocycles. The third-order valence-electron chi connectivity index (χ3n) is 4.56. The molecule has 0 bridgehead atoms. The zero-order valence-electron chi connectivity index (χ0n) is 16.5. The monoisotopic (exact) mass is 384 g/mol. The number of fused-ring (bicyclic) bond motifs is 1. The number of aryl methyl sites for hydroxylation is 4. The fourth-order valence-corrected chi connectivity index (χ4v) is 4.18. The summed E-state index contributed by atoms with van der Waals surface area (Å²) >= 11 is 1.78. The maximum Gasteiger partial charge on any atom is 0.190 e. The van der Waals surface area contributed by atoms with E-state index in [9.17, 15) is 0 Å². The molecule has 0 aliphatic carbocycles. The first kappa shape index (κ1) is 19.4. The minimum atomic E-state index is 0.848. The Hall–Kier alpha value is -2.41. The van der Waals surface area contributed by atoms with Gasteiger partial charge in [0.25, 0.3) is 0 Å². The standard InChI is InChI=1S/C20H28N6S/c1-14-19(27-16(3)24-14)10-12-23-20(21-4)22-11-7-13-26-15(2)25-17-8-5-6-9-18(17)26/h5-6,8-9H,7,10-13H2,1-4H3,(H2,21,22,23). The maximum absolute atomic E-state index is 4.62. The van der Waals surface area contributed by atoms with Gasteiger partial charge >= 0.3 is 0 Å². The Morgan fingerprint density at radius 1 is 1.11 bits per heavy atom. The largest absolute Gasteiger partial charge is 0.356 e. The lowest BCUT2D eigenvalue weighted by Gasteiger charge is -2.12. The van der Waals surface area contributed by atoms with E-state index >= 15 is 0 Å². The molecule has 0 saturated carbocycles. The summed E-state index contributed by atoms with van der Waals surface area (Å²) in [5.41, 5.74) is 3.41. The highest BCUT2D eigenvalue weighted by atomic mass is 32.1. The summed E-state index contributed by atoms with van der Waals surface area (Å²) in [6, 6.07) is 8.29. The summed E-state index contributed by atoms with van der Waals surface area (Å²) in [4.78, 5) is 14.8. The van der Waals surface area contributed by atoms with E-state index in [0.717, 1.165) is 60.5 Å². The lowest BCUT2D eigenvalue weighted by Crippen LogP contribution is -2.39. The van der Waals surface area contributed by atoms with Crippen LogP contribution in [0.1, 0.15) is 27.8 Å². The molecule has 1 aromatic carbocycles. The summed E-state index contributed by atoms with van der Waals surface area (Å²) < 4.78 is 2.28. The third kappa shape index (κ3) is 4.86. The normalized spacial score (nSPS) is 11.9. The van der Waals surface area contributed by atoms with Gasteiger partial charge in [0.05, 0.1) is 21.7 Å². The summed E-state index contributed by atoms with van der Waals surface area (Å²) in [5.74, 6) is 1.91. The zero-order chi connectivity index (χ0) is 19.2. The van der Waals surface area contributed by atoms with Gasteiger partial charge in [-0.05, 0) is 39.3 Å². The number of hydrogen-bond acceptors (Lipinski definition) is 4. The summed E-state index contributed by atoms with van der Waals surface area (Å²) in [6.45, 7) is 8.86. The Bertz CT molecular complexity index is 924. The maximum atomic E-state index is 4.62. The van der Waals surface area contributed by atoms with E-state index in [1.54, 1.807) is 11.3 Å². The molecule has 0 radical (unpaired) electrons. The molecular formula is C20H28N6S. The van der Waals surface area contributed by atoms with Crippen LogP contribution in [0, 0.1) is 20.8 Å². The Labute approximate surface area is 164 Å². The van der Waals surface area contributed by atoms with Crippen molar-refractivity contribution in [3.63, 3.8) is 0 Å². The number of benzene rings is 1. The van der Waals surface area contributed by atoms with Crippen molar-refractivity contribution in [2.45, 2.75) is 40.2 Å². The molecule has 0 fully saturated rings. The smallest absolute Gasteiger partial charge is 0.190 e. The van der Waals surface area contributed by atoms with Gasteiger partial charge in [-0.2, -0.15) is 0 Å². The average molecular weight is 385 g/mol. The number of rotatable bonds is 7. The molecule has 2 heterocycles. The second-order valence-electron chi connectivity index (χ2n) is 6.57. The minimum Gasteiger partial charge on any atom is -0.356 e. The number of aliphatic imine (C=N–C) groups is 1. The van der Waals surface area contributed by atoms with Crippen LogP contribution >= 0.6 is 11.3 Å². The number of nitrogens with one attached hydrogen (secondary N) is 2. The van der Waals surface area contributed by atoms with Gasteiger partial charge in [-0.25, -0.2) is 9.97 Å². The number of hydrogen-bond donors (Lipinski definition) is 2. The molecule has 3 aromatic rings. The van der Waals surface area contributed by atoms with Crippen LogP contribution in [0.5, 0.6) is 0 Å².